The van der Waals surface area contributed by atoms with E-state index in [9.17, 15) is 0 Å². The van der Waals surface area contributed by atoms with Gasteiger partial charge in [0, 0.05) is 22.7 Å². The van der Waals surface area contributed by atoms with E-state index in [2.05, 4.69) is 15.3 Å². The van der Waals surface area contributed by atoms with Crippen molar-refractivity contribution < 1.29 is 9.47 Å². The van der Waals surface area contributed by atoms with E-state index in [1.54, 1.807) is 42.0 Å². The number of hydrogen-bond donors (Lipinski definition) is 0. The Labute approximate surface area is 148 Å². The van der Waals surface area contributed by atoms with E-state index in [-0.39, 0.29) is 0 Å². The molecule has 4 aromatic rings. The molecule has 2 heterocycles. The zero-order valence-corrected chi connectivity index (χ0v) is 14.0. The van der Waals surface area contributed by atoms with Crippen LogP contribution in [0.5, 0.6) is 17.4 Å². The molecule has 0 atom stereocenters. The van der Waals surface area contributed by atoms with Crippen molar-refractivity contribution >= 4 is 17.2 Å². The van der Waals surface area contributed by atoms with Gasteiger partial charge in [-0.1, -0.05) is 41.9 Å². The molecule has 0 unspecified atom stereocenters. The normalized spacial score (nSPS) is 10.8. The van der Waals surface area contributed by atoms with Crippen LogP contribution in [0.3, 0.4) is 0 Å². The van der Waals surface area contributed by atoms with Gasteiger partial charge in [0.1, 0.15) is 0 Å². The van der Waals surface area contributed by atoms with Crippen LogP contribution in [-0.4, -0.2) is 26.9 Å². The molecule has 0 bridgehead atoms. The number of halogens is 1. The summed E-state index contributed by atoms with van der Waals surface area (Å²) < 4.78 is 12.8. The number of ether oxygens (including phenoxy) is 2. The highest BCUT2D eigenvalue weighted by molar-refractivity contribution is 6.30. The van der Waals surface area contributed by atoms with Gasteiger partial charge >= 0.3 is 0 Å². The maximum atomic E-state index is 5.98. The molecule has 6 nitrogen and oxygen atoms in total. The SMILES string of the molecule is COc1cc(Cl)ccc1Oc1ccc2nnc(-c3ccccc3)n2n1. The Kier molecular flexibility index (Phi) is 3.95. The van der Waals surface area contributed by atoms with Gasteiger partial charge < -0.3 is 9.47 Å². The first-order chi connectivity index (χ1) is 12.2. The first-order valence-electron chi connectivity index (χ1n) is 7.54. The summed E-state index contributed by atoms with van der Waals surface area (Å²) in [6.45, 7) is 0. The number of hydrogen-bond acceptors (Lipinski definition) is 5. The highest BCUT2D eigenvalue weighted by Gasteiger charge is 2.12. The first-order valence-corrected chi connectivity index (χ1v) is 7.92. The van der Waals surface area contributed by atoms with Crippen molar-refractivity contribution in [1.29, 1.82) is 0 Å². The van der Waals surface area contributed by atoms with Gasteiger partial charge in [-0.2, -0.15) is 4.52 Å². The van der Waals surface area contributed by atoms with Crippen LogP contribution in [0.2, 0.25) is 5.02 Å². The van der Waals surface area contributed by atoms with Gasteiger partial charge in [0.15, 0.2) is 23.0 Å². The lowest BCUT2D eigenvalue weighted by Crippen LogP contribution is -1.98. The van der Waals surface area contributed by atoms with E-state index in [0.717, 1.165) is 5.56 Å². The van der Waals surface area contributed by atoms with Crippen LogP contribution < -0.4 is 9.47 Å². The molecular formula is C18H13ClN4O2. The summed E-state index contributed by atoms with van der Waals surface area (Å²) in [5.41, 5.74) is 1.55. The summed E-state index contributed by atoms with van der Waals surface area (Å²) in [7, 11) is 1.56. The van der Waals surface area contributed by atoms with Crippen LogP contribution >= 0.6 is 11.6 Å². The van der Waals surface area contributed by atoms with Crippen molar-refractivity contribution in [3.05, 3.63) is 65.7 Å². The Morgan fingerprint density at radius 3 is 2.56 bits per heavy atom. The molecule has 0 aliphatic carbocycles. The Morgan fingerprint density at radius 1 is 0.920 bits per heavy atom. The van der Waals surface area contributed by atoms with Crippen molar-refractivity contribution in [3.8, 4) is 28.8 Å². The highest BCUT2D eigenvalue weighted by Crippen LogP contribution is 2.33. The molecule has 0 spiro atoms. The van der Waals surface area contributed by atoms with E-state index < -0.39 is 0 Å². The number of methoxy groups -OCH3 is 1. The topological polar surface area (TPSA) is 61.5 Å². The highest BCUT2D eigenvalue weighted by atomic mass is 35.5. The van der Waals surface area contributed by atoms with Gasteiger partial charge in [-0.25, -0.2) is 0 Å². The van der Waals surface area contributed by atoms with Crippen LogP contribution in [0.15, 0.2) is 60.7 Å². The summed E-state index contributed by atoms with van der Waals surface area (Å²) in [6, 6.07) is 18.4. The second-order valence-electron chi connectivity index (χ2n) is 5.23. The summed E-state index contributed by atoms with van der Waals surface area (Å²) in [5, 5.41) is 13.4. The Balaban J connectivity index is 1.74. The van der Waals surface area contributed by atoms with Crippen molar-refractivity contribution in [1.82, 2.24) is 19.8 Å². The van der Waals surface area contributed by atoms with E-state index in [1.807, 2.05) is 30.3 Å². The van der Waals surface area contributed by atoms with Gasteiger partial charge in [-0.3, -0.25) is 0 Å². The quantitative estimate of drug-likeness (QED) is 0.549. The third-order valence-electron chi connectivity index (χ3n) is 3.61. The molecule has 0 aliphatic rings. The minimum atomic E-state index is 0.394. The largest absolute Gasteiger partial charge is 0.493 e. The van der Waals surface area contributed by atoms with Crippen molar-refractivity contribution in [3.63, 3.8) is 0 Å². The molecule has 124 valence electrons. The van der Waals surface area contributed by atoms with Crippen LogP contribution in [0.25, 0.3) is 17.0 Å². The second kappa shape index (κ2) is 6.41. The predicted molar refractivity (Wildman–Crippen MR) is 94.3 cm³/mol. The van der Waals surface area contributed by atoms with E-state index in [4.69, 9.17) is 21.1 Å². The minimum Gasteiger partial charge on any atom is -0.493 e. The van der Waals surface area contributed by atoms with Gasteiger partial charge in [0.2, 0.25) is 5.88 Å². The summed E-state index contributed by atoms with van der Waals surface area (Å²) in [5.74, 6) is 2.09. The number of benzene rings is 2. The summed E-state index contributed by atoms with van der Waals surface area (Å²) >= 11 is 5.98. The average Bonchev–Trinajstić information content (AvgIpc) is 3.07. The zero-order chi connectivity index (χ0) is 17.2. The van der Waals surface area contributed by atoms with Crippen molar-refractivity contribution in [2.45, 2.75) is 0 Å². The number of fused-ring (bicyclic) bond motifs is 1. The van der Waals surface area contributed by atoms with Gasteiger partial charge in [-0.15, -0.1) is 15.3 Å². The van der Waals surface area contributed by atoms with Crippen molar-refractivity contribution in [2.24, 2.45) is 0 Å². The Morgan fingerprint density at radius 2 is 1.76 bits per heavy atom. The molecule has 7 heteroatoms. The third kappa shape index (κ3) is 2.99. The lowest BCUT2D eigenvalue weighted by Gasteiger charge is -2.10. The molecule has 0 fully saturated rings. The van der Waals surface area contributed by atoms with Crippen LogP contribution in [0, 0.1) is 0 Å². The monoisotopic (exact) mass is 352 g/mol. The Bertz CT molecular complexity index is 1030. The van der Waals surface area contributed by atoms with Gasteiger partial charge in [0.05, 0.1) is 7.11 Å². The maximum Gasteiger partial charge on any atom is 0.237 e. The maximum absolute atomic E-state index is 5.98. The lowest BCUT2D eigenvalue weighted by molar-refractivity contribution is 0.372. The second-order valence-corrected chi connectivity index (χ2v) is 5.66. The third-order valence-corrected chi connectivity index (χ3v) is 3.85. The fraction of sp³-hybridized carbons (Fsp3) is 0.0556. The summed E-state index contributed by atoms with van der Waals surface area (Å²) in [6.07, 6.45) is 0. The van der Waals surface area contributed by atoms with E-state index >= 15 is 0 Å². The molecule has 0 saturated heterocycles. The first kappa shape index (κ1) is 15.4. The lowest BCUT2D eigenvalue weighted by atomic mass is 10.2. The smallest absolute Gasteiger partial charge is 0.237 e. The number of aromatic nitrogens is 4. The molecule has 0 N–H and O–H groups in total. The average molecular weight is 353 g/mol. The fourth-order valence-electron chi connectivity index (χ4n) is 2.43. The molecule has 4 rings (SSSR count). The molecule has 0 amide bonds. The zero-order valence-electron chi connectivity index (χ0n) is 13.3. The molecule has 25 heavy (non-hydrogen) atoms. The van der Waals surface area contributed by atoms with Gasteiger partial charge in [0.25, 0.3) is 0 Å². The predicted octanol–water partition coefficient (Wildman–Crippen LogP) is 4.25. The minimum absolute atomic E-state index is 0.394. The Hall–Kier alpha value is -3.12. The van der Waals surface area contributed by atoms with E-state index in [1.165, 1.54) is 0 Å². The molecular weight excluding hydrogens is 340 g/mol. The standard InChI is InChI=1S/C18H13ClN4O2/c1-24-15-11-13(19)7-8-14(15)25-17-10-9-16-20-21-18(23(16)22-17)12-5-3-2-4-6-12/h2-11H,1H3. The summed E-state index contributed by atoms with van der Waals surface area (Å²) in [4.78, 5) is 0. The van der Waals surface area contributed by atoms with Crippen LogP contribution in [0.1, 0.15) is 0 Å². The number of rotatable bonds is 4. The molecule has 0 saturated carbocycles. The molecule has 0 radical (unpaired) electrons. The number of nitrogens with zero attached hydrogens (tertiary/aromatic N) is 4. The van der Waals surface area contributed by atoms with Crippen LogP contribution in [0.4, 0.5) is 0 Å². The molecule has 2 aromatic heterocycles. The fourth-order valence-corrected chi connectivity index (χ4v) is 2.59. The molecule has 0 aliphatic heterocycles. The molecule has 2 aromatic carbocycles. The van der Waals surface area contributed by atoms with E-state index in [0.29, 0.717) is 33.9 Å². The van der Waals surface area contributed by atoms with Gasteiger partial charge in [-0.05, 0) is 18.2 Å². The van der Waals surface area contributed by atoms with Crippen LogP contribution in [-0.2, 0) is 0 Å². The van der Waals surface area contributed by atoms with Crippen molar-refractivity contribution in [2.75, 3.05) is 7.11 Å².